The van der Waals surface area contributed by atoms with Gasteiger partial charge in [0.25, 0.3) is 0 Å². The van der Waals surface area contributed by atoms with Crippen LogP contribution >= 0.6 is 0 Å². The number of aromatic carboxylic acids is 1. The van der Waals surface area contributed by atoms with E-state index in [2.05, 4.69) is 4.98 Å². The first-order chi connectivity index (χ1) is 12.8. The van der Waals surface area contributed by atoms with E-state index in [0.717, 1.165) is 19.4 Å². The van der Waals surface area contributed by atoms with Crippen LogP contribution in [0.1, 0.15) is 42.7 Å². The smallest absolute Gasteiger partial charge is 0.339 e. The number of nitrogen functional groups attached to an aromatic ring is 1. The number of amides is 1. The van der Waals surface area contributed by atoms with E-state index in [1.807, 2.05) is 18.7 Å². The molecule has 1 amide bonds. The van der Waals surface area contributed by atoms with E-state index in [1.54, 1.807) is 25.1 Å². The largest absolute Gasteiger partial charge is 0.491 e. The molecule has 1 aromatic heterocycles. The molecule has 1 aromatic carbocycles. The van der Waals surface area contributed by atoms with Crippen molar-refractivity contribution in [2.75, 3.05) is 18.9 Å². The fourth-order valence-electron chi connectivity index (χ4n) is 3.65. The second-order valence-corrected chi connectivity index (χ2v) is 7.23. The standard InChI is InChI=1S/C20H25N3O4/c1-11(2)19(24)23-9-5-6-13(23)10-27-15-8-4-7-14-17(15)18(21)16(20(25)26)12(3)22-14/h4,7-8,11,13H,5-6,9-10H2,1-3H3,(H2,21,22)(H,25,26)/t13-/m1/s1. The average molecular weight is 371 g/mol. The van der Waals surface area contributed by atoms with Crippen molar-refractivity contribution in [1.29, 1.82) is 0 Å². The molecule has 0 unspecified atom stereocenters. The van der Waals surface area contributed by atoms with Gasteiger partial charge >= 0.3 is 5.97 Å². The summed E-state index contributed by atoms with van der Waals surface area (Å²) in [5.41, 5.74) is 7.27. The molecule has 3 N–H and O–H groups in total. The number of pyridine rings is 1. The summed E-state index contributed by atoms with van der Waals surface area (Å²) in [4.78, 5) is 30.1. The van der Waals surface area contributed by atoms with Crippen molar-refractivity contribution in [3.05, 3.63) is 29.5 Å². The summed E-state index contributed by atoms with van der Waals surface area (Å²) in [6.07, 6.45) is 1.84. The Balaban J connectivity index is 1.90. The molecular weight excluding hydrogens is 346 g/mol. The number of nitrogens with zero attached hydrogens (tertiary/aromatic N) is 2. The number of ether oxygens (including phenoxy) is 1. The second-order valence-electron chi connectivity index (χ2n) is 7.23. The molecule has 1 aliphatic rings. The quantitative estimate of drug-likeness (QED) is 0.837. The highest BCUT2D eigenvalue weighted by Crippen LogP contribution is 2.34. The van der Waals surface area contributed by atoms with Crippen LogP contribution in [0.4, 0.5) is 5.69 Å². The minimum Gasteiger partial charge on any atom is -0.491 e. The summed E-state index contributed by atoms with van der Waals surface area (Å²) in [6.45, 7) is 6.50. The molecule has 1 atom stereocenters. The number of fused-ring (bicyclic) bond motifs is 1. The fourth-order valence-corrected chi connectivity index (χ4v) is 3.65. The van der Waals surface area contributed by atoms with Crippen molar-refractivity contribution in [1.82, 2.24) is 9.88 Å². The van der Waals surface area contributed by atoms with Crippen molar-refractivity contribution >= 4 is 28.5 Å². The number of aromatic nitrogens is 1. The number of carbonyl (C=O) groups excluding carboxylic acids is 1. The highest BCUT2D eigenvalue weighted by molar-refractivity contribution is 6.06. The summed E-state index contributed by atoms with van der Waals surface area (Å²) in [5.74, 6) is -0.546. The first-order valence-electron chi connectivity index (χ1n) is 9.16. The van der Waals surface area contributed by atoms with Crippen molar-refractivity contribution < 1.29 is 19.4 Å². The maximum atomic E-state index is 12.4. The monoisotopic (exact) mass is 371 g/mol. The Morgan fingerprint density at radius 1 is 1.41 bits per heavy atom. The molecular formula is C20H25N3O4. The number of hydrogen-bond donors (Lipinski definition) is 2. The number of rotatable bonds is 5. The van der Waals surface area contributed by atoms with E-state index in [4.69, 9.17) is 10.5 Å². The molecule has 2 heterocycles. The molecule has 1 aliphatic heterocycles. The highest BCUT2D eigenvalue weighted by atomic mass is 16.5. The molecule has 0 saturated carbocycles. The molecule has 0 bridgehead atoms. The fraction of sp³-hybridized carbons (Fsp3) is 0.450. The van der Waals surface area contributed by atoms with Crippen LogP contribution in [-0.4, -0.2) is 46.1 Å². The van der Waals surface area contributed by atoms with E-state index in [1.165, 1.54) is 0 Å². The van der Waals surface area contributed by atoms with Gasteiger partial charge in [0.05, 0.1) is 28.3 Å². The van der Waals surface area contributed by atoms with Gasteiger partial charge < -0.3 is 20.5 Å². The van der Waals surface area contributed by atoms with E-state index in [0.29, 0.717) is 29.0 Å². The summed E-state index contributed by atoms with van der Waals surface area (Å²) in [6, 6.07) is 5.34. The van der Waals surface area contributed by atoms with Crippen LogP contribution in [0.5, 0.6) is 5.75 Å². The molecule has 27 heavy (non-hydrogen) atoms. The molecule has 7 heteroatoms. The number of carboxylic acids is 1. The van der Waals surface area contributed by atoms with Gasteiger partial charge in [-0.05, 0) is 31.9 Å². The normalized spacial score (nSPS) is 16.9. The number of aryl methyl sites for hydroxylation is 1. The second kappa shape index (κ2) is 7.42. The Kier molecular flexibility index (Phi) is 5.21. The van der Waals surface area contributed by atoms with Gasteiger partial charge in [-0.3, -0.25) is 9.78 Å². The van der Waals surface area contributed by atoms with Gasteiger partial charge in [-0.25, -0.2) is 4.79 Å². The molecule has 0 radical (unpaired) electrons. The highest BCUT2D eigenvalue weighted by Gasteiger charge is 2.30. The minimum atomic E-state index is -1.11. The molecule has 144 valence electrons. The molecule has 1 fully saturated rings. The Labute approximate surface area is 158 Å². The summed E-state index contributed by atoms with van der Waals surface area (Å²) < 4.78 is 6.01. The minimum absolute atomic E-state index is 0.00368. The van der Waals surface area contributed by atoms with Gasteiger partial charge in [-0.15, -0.1) is 0 Å². The van der Waals surface area contributed by atoms with Crippen LogP contribution < -0.4 is 10.5 Å². The van der Waals surface area contributed by atoms with Crippen LogP contribution in [0.2, 0.25) is 0 Å². The third kappa shape index (κ3) is 3.54. The number of carboxylic acid groups (broad SMARTS) is 1. The van der Waals surface area contributed by atoms with Crippen molar-refractivity contribution in [2.24, 2.45) is 5.92 Å². The topological polar surface area (TPSA) is 106 Å². The maximum absolute atomic E-state index is 12.4. The first kappa shape index (κ1) is 18.9. The zero-order chi connectivity index (χ0) is 19.7. The Hall–Kier alpha value is -2.83. The number of anilines is 1. The lowest BCUT2D eigenvalue weighted by Gasteiger charge is -2.26. The summed E-state index contributed by atoms with van der Waals surface area (Å²) >= 11 is 0. The predicted molar refractivity (Wildman–Crippen MR) is 103 cm³/mol. The van der Waals surface area contributed by atoms with Crippen molar-refractivity contribution in [2.45, 2.75) is 39.7 Å². The molecule has 0 spiro atoms. The Morgan fingerprint density at radius 2 is 2.15 bits per heavy atom. The Bertz CT molecular complexity index is 894. The molecule has 3 rings (SSSR count). The van der Waals surface area contributed by atoms with Crippen LogP contribution in [0.3, 0.4) is 0 Å². The van der Waals surface area contributed by atoms with Crippen LogP contribution in [0.15, 0.2) is 18.2 Å². The van der Waals surface area contributed by atoms with Gasteiger partial charge in [0, 0.05) is 12.5 Å². The zero-order valence-corrected chi connectivity index (χ0v) is 15.9. The van der Waals surface area contributed by atoms with Gasteiger partial charge in [-0.2, -0.15) is 0 Å². The number of carbonyl (C=O) groups is 2. The molecule has 1 saturated heterocycles. The van der Waals surface area contributed by atoms with Gasteiger partial charge in [0.1, 0.15) is 17.9 Å². The zero-order valence-electron chi connectivity index (χ0n) is 15.9. The summed E-state index contributed by atoms with van der Waals surface area (Å²) in [5, 5.41) is 9.94. The Morgan fingerprint density at radius 3 is 2.81 bits per heavy atom. The van der Waals surface area contributed by atoms with Gasteiger partial charge in [0.15, 0.2) is 0 Å². The lowest BCUT2D eigenvalue weighted by molar-refractivity contribution is -0.135. The number of nitrogens with two attached hydrogens (primary N) is 1. The van der Waals surface area contributed by atoms with E-state index in [9.17, 15) is 14.7 Å². The maximum Gasteiger partial charge on any atom is 0.339 e. The van der Waals surface area contributed by atoms with Gasteiger partial charge in [-0.1, -0.05) is 19.9 Å². The lowest BCUT2D eigenvalue weighted by atomic mass is 10.1. The van der Waals surface area contributed by atoms with E-state index >= 15 is 0 Å². The van der Waals surface area contributed by atoms with Crippen molar-refractivity contribution in [3.8, 4) is 5.75 Å². The number of hydrogen-bond acceptors (Lipinski definition) is 5. The summed E-state index contributed by atoms with van der Waals surface area (Å²) in [7, 11) is 0. The predicted octanol–water partition coefficient (Wildman–Crippen LogP) is 2.85. The third-order valence-electron chi connectivity index (χ3n) is 4.99. The lowest BCUT2D eigenvalue weighted by Crippen LogP contribution is -2.41. The SMILES string of the molecule is Cc1nc2cccc(OC[C@H]3CCCN3C(=O)C(C)C)c2c(N)c1C(=O)O. The first-order valence-corrected chi connectivity index (χ1v) is 9.16. The van der Waals surface area contributed by atoms with E-state index < -0.39 is 5.97 Å². The number of likely N-dealkylation sites (tertiary alicyclic amines) is 1. The van der Waals surface area contributed by atoms with Gasteiger partial charge in [0.2, 0.25) is 5.91 Å². The van der Waals surface area contributed by atoms with Crippen LogP contribution in [0.25, 0.3) is 10.9 Å². The average Bonchev–Trinajstić information content (AvgIpc) is 3.06. The molecule has 2 aromatic rings. The van der Waals surface area contributed by atoms with E-state index in [-0.39, 0.29) is 29.1 Å². The molecule has 0 aliphatic carbocycles. The number of benzene rings is 1. The van der Waals surface area contributed by atoms with Crippen LogP contribution in [-0.2, 0) is 4.79 Å². The third-order valence-corrected chi connectivity index (χ3v) is 4.99. The van der Waals surface area contributed by atoms with Crippen molar-refractivity contribution in [3.63, 3.8) is 0 Å². The molecule has 7 nitrogen and oxygen atoms in total. The van der Waals surface area contributed by atoms with Crippen LogP contribution in [0, 0.1) is 12.8 Å².